The van der Waals surface area contributed by atoms with Crippen LogP contribution >= 0.6 is 0 Å². The summed E-state index contributed by atoms with van der Waals surface area (Å²) in [5.74, 6) is 3.47. The molecule has 0 radical (unpaired) electrons. The fraction of sp³-hybridized carbons (Fsp3) is 0.632. The van der Waals surface area contributed by atoms with Crippen molar-refractivity contribution in [3.05, 3.63) is 23.8 Å². The molecular weight excluding hydrogens is 290 g/mol. The van der Waals surface area contributed by atoms with Crippen molar-refractivity contribution < 1.29 is 14.3 Å². The normalized spacial score (nSPS) is 25.4. The second kappa shape index (κ2) is 6.81. The Morgan fingerprint density at radius 3 is 2.52 bits per heavy atom. The maximum absolute atomic E-state index is 12.9. The standard InChI is InChI=1S/C19H27NO3/c1-4-20(19(21)16-10-13-5-7-15(16)9-13)12-14-6-8-17(22-2)18(11-14)23-3/h6,8,11,13,15-16H,4-5,7,9-10,12H2,1-3H3. The highest BCUT2D eigenvalue weighted by Crippen LogP contribution is 2.49. The Labute approximate surface area is 138 Å². The molecule has 2 saturated carbocycles. The van der Waals surface area contributed by atoms with Gasteiger partial charge >= 0.3 is 0 Å². The molecule has 0 heterocycles. The van der Waals surface area contributed by atoms with Crippen LogP contribution in [0.2, 0.25) is 0 Å². The summed E-state index contributed by atoms with van der Waals surface area (Å²) in [4.78, 5) is 14.9. The zero-order chi connectivity index (χ0) is 16.4. The number of amides is 1. The first-order valence-electron chi connectivity index (χ1n) is 8.66. The van der Waals surface area contributed by atoms with Crippen LogP contribution in [0, 0.1) is 17.8 Å². The molecule has 2 fully saturated rings. The number of benzene rings is 1. The van der Waals surface area contributed by atoms with Gasteiger partial charge in [0.2, 0.25) is 5.91 Å². The molecule has 3 unspecified atom stereocenters. The molecule has 1 aromatic carbocycles. The summed E-state index contributed by atoms with van der Waals surface area (Å²) in [5, 5.41) is 0. The second-order valence-corrected chi connectivity index (χ2v) is 6.82. The molecule has 4 heteroatoms. The third-order valence-electron chi connectivity index (χ3n) is 5.57. The van der Waals surface area contributed by atoms with Gasteiger partial charge in [0.05, 0.1) is 14.2 Å². The van der Waals surface area contributed by atoms with E-state index in [4.69, 9.17) is 9.47 Å². The van der Waals surface area contributed by atoms with Crippen molar-refractivity contribution in [2.45, 2.75) is 39.2 Å². The van der Waals surface area contributed by atoms with E-state index in [9.17, 15) is 4.79 Å². The van der Waals surface area contributed by atoms with Crippen LogP contribution < -0.4 is 9.47 Å². The van der Waals surface area contributed by atoms with Crippen LogP contribution in [0.4, 0.5) is 0 Å². The largest absolute Gasteiger partial charge is 0.493 e. The zero-order valence-electron chi connectivity index (χ0n) is 14.4. The Morgan fingerprint density at radius 2 is 1.96 bits per heavy atom. The van der Waals surface area contributed by atoms with Crippen LogP contribution in [0.5, 0.6) is 11.5 Å². The molecule has 1 amide bonds. The average Bonchev–Trinajstić information content (AvgIpc) is 3.22. The summed E-state index contributed by atoms with van der Waals surface area (Å²) >= 11 is 0. The Bertz CT molecular complexity index is 572. The lowest BCUT2D eigenvalue weighted by atomic mass is 9.87. The van der Waals surface area contributed by atoms with Gasteiger partial charge in [0.15, 0.2) is 11.5 Å². The quantitative estimate of drug-likeness (QED) is 0.806. The number of ether oxygens (including phenoxy) is 2. The molecule has 0 aliphatic heterocycles. The third-order valence-corrected chi connectivity index (χ3v) is 5.57. The van der Waals surface area contributed by atoms with Crippen molar-refractivity contribution in [2.75, 3.05) is 20.8 Å². The van der Waals surface area contributed by atoms with E-state index in [2.05, 4.69) is 6.92 Å². The van der Waals surface area contributed by atoms with Gasteiger partial charge in [0.1, 0.15) is 0 Å². The Kier molecular flexibility index (Phi) is 4.79. The minimum Gasteiger partial charge on any atom is -0.493 e. The topological polar surface area (TPSA) is 38.8 Å². The molecule has 2 aliphatic rings. The van der Waals surface area contributed by atoms with Gasteiger partial charge in [-0.2, -0.15) is 0 Å². The van der Waals surface area contributed by atoms with Crippen molar-refractivity contribution in [3.8, 4) is 11.5 Å². The fourth-order valence-corrected chi connectivity index (χ4v) is 4.33. The van der Waals surface area contributed by atoms with Crippen molar-refractivity contribution in [1.29, 1.82) is 0 Å². The van der Waals surface area contributed by atoms with Gasteiger partial charge in [-0.15, -0.1) is 0 Å². The number of nitrogens with zero attached hydrogens (tertiary/aromatic N) is 1. The molecule has 1 aromatic rings. The summed E-state index contributed by atoms with van der Waals surface area (Å²) in [6.45, 7) is 3.45. The van der Waals surface area contributed by atoms with E-state index in [1.165, 1.54) is 19.3 Å². The number of carbonyl (C=O) groups is 1. The van der Waals surface area contributed by atoms with E-state index >= 15 is 0 Å². The predicted molar refractivity (Wildman–Crippen MR) is 89.6 cm³/mol. The molecule has 2 bridgehead atoms. The Balaban J connectivity index is 1.70. The maximum Gasteiger partial charge on any atom is 0.226 e. The lowest BCUT2D eigenvalue weighted by Crippen LogP contribution is -2.37. The van der Waals surface area contributed by atoms with E-state index < -0.39 is 0 Å². The van der Waals surface area contributed by atoms with Crippen LogP contribution in [-0.2, 0) is 11.3 Å². The summed E-state index contributed by atoms with van der Waals surface area (Å²) < 4.78 is 10.6. The lowest BCUT2D eigenvalue weighted by Gasteiger charge is -2.29. The molecule has 126 valence electrons. The minimum atomic E-state index is 0.258. The highest BCUT2D eigenvalue weighted by molar-refractivity contribution is 5.79. The van der Waals surface area contributed by atoms with Crippen molar-refractivity contribution in [2.24, 2.45) is 17.8 Å². The van der Waals surface area contributed by atoms with Gasteiger partial charge in [-0.3, -0.25) is 4.79 Å². The van der Waals surface area contributed by atoms with Gasteiger partial charge in [-0.05, 0) is 55.7 Å². The number of methoxy groups -OCH3 is 2. The van der Waals surface area contributed by atoms with Crippen LogP contribution in [0.15, 0.2) is 18.2 Å². The van der Waals surface area contributed by atoms with E-state index in [1.54, 1.807) is 14.2 Å². The van der Waals surface area contributed by atoms with Crippen LogP contribution in [0.3, 0.4) is 0 Å². The molecule has 0 saturated heterocycles. The molecule has 0 aromatic heterocycles. The van der Waals surface area contributed by atoms with E-state index in [0.29, 0.717) is 24.1 Å². The Morgan fingerprint density at radius 1 is 1.17 bits per heavy atom. The van der Waals surface area contributed by atoms with Gasteiger partial charge in [-0.1, -0.05) is 12.5 Å². The molecule has 3 rings (SSSR count). The monoisotopic (exact) mass is 317 g/mol. The number of hydrogen-bond acceptors (Lipinski definition) is 3. The summed E-state index contributed by atoms with van der Waals surface area (Å²) in [6, 6.07) is 5.89. The first-order chi connectivity index (χ1) is 11.2. The zero-order valence-corrected chi connectivity index (χ0v) is 14.4. The van der Waals surface area contributed by atoms with Gasteiger partial charge in [-0.25, -0.2) is 0 Å². The maximum atomic E-state index is 12.9. The molecule has 2 aliphatic carbocycles. The smallest absolute Gasteiger partial charge is 0.226 e. The predicted octanol–water partition coefficient (Wildman–Crippen LogP) is 3.49. The summed E-state index contributed by atoms with van der Waals surface area (Å²) in [5.41, 5.74) is 1.08. The fourth-order valence-electron chi connectivity index (χ4n) is 4.33. The molecule has 0 spiro atoms. The van der Waals surface area contributed by atoms with Gasteiger partial charge < -0.3 is 14.4 Å². The van der Waals surface area contributed by atoms with Crippen LogP contribution in [-0.4, -0.2) is 31.6 Å². The van der Waals surface area contributed by atoms with E-state index in [0.717, 1.165) is 30.2 Å². The number of carbonyl (C=O) groups excluding carboxylic acids is 1. The molecule has 3 atom stereocenters. The van der Waals surface area contributed by atoms with Crippen LogP contribution in [0.25, 0.3) is 0 Å². The summed E-state index contributed by atoms with van der Waals surface area (Å²) in [7, 11) is 3.27. The Hall–Kier alpha value is -1.71. The first-order valence-corrected chi connectivity index (χ1v) is 8.66. The molecule has 0 N–H and O–H groups in total. The van der Waals surface area contributed by atoms with Gasteiger partial charge in [0.25, 0.3) is 0 Å². The molecule has 23 heavy (non-hydrogen) atoms. The van der Waals surface area contributed by atoms with Crippen molar-refractivity contribution in [3.63, 3.8) is 0 Å². The summed E-state index contributed by atoms with van der Waals surface area (Å²) in [6.07, 6.45) is 4.95. The molecule has 4 nitrogen and oxygen atoms in total. The van der Waals surface area contributed by atoms with Crippen molar-refractivity contribution in [1.82, 2.24) is 4.90 Å². The highest BCUT2D eigenvalue weighted by Gasteiger charge is 2.44. The molecular formula is C19H27NO3. The number of fused-ring (bicyclic) bond motifs is 2. The first kappa shape index (κ1) is 16.2. The van der Waals surface area contributed by atoms with Crippen molar-refractivity contribution >= 4 is 5.91 Å². The minimum absolute atomic E-state index is 0.258. The van der Waals surface area contributed by atoms with Crippen LogP contribution in [0.1, 0.15) is 38.2 Å². The lowest BCUT2D eigenvalue weighted by molar-refractivity contribution is -0.137. The third kappa shape index (κ3) is 3.17. The number of rotatable bonds is 6. The number of hydrogen-bond donors (Lipinski definition) is 0. The highest BCUT2D eigenvalue weighted by atomic mass is 16.5. The second-order valence-electron chi connectivity index (χ2n) is 6.82. The SMILES string of the molecule is CCN(Cc1ccc(OC)c(OC)c1)C(=O)C1CC2CCC1C2. The van der Waals surface area contributed by atoms with Gasteiger partial charge in [0, 0.05) is 19.0 Å². The van der Waals surface area contributed by atoms with E-state index in [1.807, 2.05) is 23.1 Å². The average molecular weight is 317 g/mol. The van der Waals surface area contributed by atoms with E-state index in [-0.39, 0.29) is 5.92 Å².